The number of nitrogens with zero attached hydrogens (tertiary/aromatic N) is 2. The normalized spacial score (nSPS) is 10.3. The van der Waals surface area contributed by atoms with Crippen molar-refractivity contribution >= 4 is 11.5 Å². The molecule has 0 fully saturated rings. The standard InChI is InChI=1S/C18H13FN2OS/c1-11-3-4-12(2)16(9-11)22-18-15(10-20)17(21-23-18)13-5-7-14(19)8-6-13/h3-9H,1-2H3. The second-order valence-corrected chi connectivity index (χ2v) is 5.92. The zero-order chi connectivity index (χ0) is 16.4. The number of ether oxygens (including phenoxy) is 1. The lowest BCUT2D eigenvalue weighted by Crippen LogP contribution is -1.89. The molecule has 2 aromatic carbocycles. The summed E-state index contributed by atoms with van der Waals surface area (Å²) in [7, 11) is 0. The number of aryl methyl sites for hydroxylation is 2. The average molecular weight is 324 g/mol. The molecule has 0 N–H and O–H groups in total. The van der Waals surface area contributed by atoms with Gasteiger partial charge in [0.1, 0.15) is 28.9 Å². The maximum atomic E-state index is 13.1. The van der Waals surface area contributed by atoms with Crippen molar-refractivity contribution in [3.63, 3.8) is 0 Å². The van der Waals surface area contributed by atoms with Crippen molar-refractivity contribution in [1.82, 2.24) is 4.37 Å². The third-order valence-corrected chi connectivity index (χ3v) is 4.16. The van der Waals surface area contributed by atoms with Crippen LogP contribution in [0.3, 0.4) is 0 Å². The maximum absolute atomic E-state index is 13.1. The van der Waals surface area contributed by atoms with Crippen LogP contribution < -0.4 is 4.74 Å². The summed E-state index contributed by atoms with van der Waals surface area (Å²) >= 11 is 1.12. The van der Waals surface area contributed by atoms with Gasteiger partial charge in [0.15, 0.2) is 0 Å². The molecule has 0 radical (unpaired) electrons. The van der Waals surface area contributed by atoms with Gasteiger partial charge in [-0.1, -0.05) is 12.1 Å². The molecule has 0 atom stereocenters. The molecule has 3 rings (SSSR count). The summed E-state index contributed by atoms with van der Waals surface area (Å²) in [6, 6.07) is 13.9. The zero-order valence-electron chi connectivity index (χ0n) is 12.6. The van der Waals surface area contributed by atoms with Crippen LogP contribution in [-0.2, 0) is 0 Å². The highest BCUT2D eigenvalue weighted by molar-refractivity contribution is 7.08. The Balaban J connectivity index is 2.00. The quantitative estimate of drug-likeness (QED) is 0.662. The van der Waals surface area contributed by atoms with E-state index in [4.69, 9.17) is 4.74 Å². The number of hydrogen-bond donors (Lipinski definition) is 0. The number of aromatic nitrogens is 1. The molecule has 5 heteroatoms. The van der Waals surface area contributed by atoms with Gasteiger partial charge in [-0.3, -0.25) is 0 Å². The third-order valence-electron chi connectivity index (χ3n) is 3.44. The number of rotatable bonds is 3. The van der Waals surface area contributed by atoms with Gasteiger partial charge < -0.3 is 4.74 Å². The van der Waals surface area contributed by atoms with Crippen molar-refractivity contribution in [2.24, 2.45) is 0 Å². The van der Waals surface area contributed by atoms with Gasteiger partial charge in [0, 0.05) is 17.1 Å². The van der Waals surface area contributed by atoms with Gasteiger partial charge in [0.2, 0.25) is 5.06 Å². The molecule has 0 aliphatic carbocycles. The third kappa shape index (κ3) is 3.08. The maximum Gasteiger partial charge on any atom is 0.218 e. The minimum atomic E-state index is -0.325. The Morgan fingerprint density at radius 1 is 1.13 bits per heavy atom. The van der Waals surface area contributed by atoms with Crippen LogP contribution in [0, 0.1) is 31.0 Å². The van der Waals surface area contributed by atoms with E-state index in [9.17, 15) is 9.65 Å². The molecule has 23 heavy (non-hydrogen) atoms. The molecule has 1 aromatic heterocycles. The Hall–Kier alpha value is -2.71. The first kappa shape index (κ1) is 15.2. The molecule has 3 aromatic rings. The number of halogens is 1. The van der Waals surface area contributed by atoms with Crippen LogP contribution >= 0.6 is 11.5 Å². The fraction of sp³-hybridized carbons (Fsp3) is 0.111. The summed E-state index contributed by atoms with van der Waals surface area (Å²) in [5, 5.41) is 9.91. The molecule has 0 spiro atoms. The predicted molar refractivity (Wildman–Crippen MR) is 88.2 cm³/mol. The Morgan fingerprint density at radius 3 is 2.57 bits per heavy atom. The molecule has 0 aliphatic rings. The smallest absolute Gasteiger partial charge is 0.218 e. The van der Waals surface area contributed by atoms with Gasteiger partial charge in [-0.15, -0.1) is 0 Å². The van der Waals surface area contributed by atoms with Gasteiger partial charge >= 0.3 is 0 Å². The van der Waals surface area contributed by atoms with Crippen molar-refractivity contribution in [2.75, 3.05) is 0 Å². The second-order valence-electron chi connectivity index (χ2n) is 5.18. The van der Waals surface area contributed by atoms with E-state index in [-0.39, 0.29) is 5.82 Å². The lowest BCUT2D eigenvalue weighted by Gasteiger charge is -2.07. The van der Waals surface area contributed by atoms with Crippen molar-refractivity contribution in [1.29, 1.82) is 5.26 Å². The fourth-order valence-corrected chi connectivity index (χ4v) is 2.90. The highest BCUT2D eigenvalue weighted by Gasteiger charge is 2.18. The minimum Gasteiger partial charge on any atom is -0.443 e. The molecular weight excluding hydrogens is 311 g/mol. The van der Waals surface area contributed by atoms with Crippen LogP contribution in [0.25, 0.3) is 11.3 Å². The molecule has 0 saturated heterocycles. The van der Waals surface area contributed by atoms with E-state index in [0.717, 1.165) is 22.7 Å². The lowest BCUT2D eigenvalue weighted by atomic mass is 10.1. The summed E-state index contributed by atoms with van der Waals surface area (Å²) < 4.78 is 23.3. The van der Waals surface area contributed by atoms with Crippen molar-refractivity contribution in [2.45, 2.75) is 13.8 Å². The van der Waals surface area contributed by atoms with E-state index >= 15 is 0 Å². The first-order valence-electron chi connectivity index (χ1n) is 6.99. The molecular formula is C18H13FN2OS. The summed E-state index contributed by atoms with van der Waals surface area (Å²) in [5.74, 6) is 0.380. The Bertz CT molecular complexity index is 894. The average Bonchev–Trinajstić information content (AvgIpc) is 2.94. The van der Waals surface area contributed by atoms with Gasteiger partial charge in [-0.2, -0.15) is 9.64 Å². The Kier molecular flexibility index (Phi) is 4.09. The van der Waals surface area contributed by atoms with E-state index in [2.05, 4.69) is 10.4 Å². The first-order valence-corrected chi connectivity index (χ1v) is 7.76. The molecule has 0 bridgehead atoms. The minimum absolute atomic E-state index is 0.325. The predicted octanol–water partition coefficient (Wildman–Crippen LogP) is 5.23. The van der Waals surface area contributed by atoms with Crippen LogP contribution in [0.15, 0.2) is 42.5 Å². The number of hydrogen-bond acceptors (Lipinski definition) is 4. The fourth-order valence-electron chi connectivity index (χ4n) is 2.17. The molecule has 0 aliphatic heterocycles. The monoisotopic (exact) mass is 324 g/mol. The second kappa shape index (κ2) is 6.19. The van der Waals surface area contributed by atoms with E-state index < -0.39 is 0 Å². The van der Waals surface area contributed by atoms with Gasteiger partial charge in [-0.05, 0) is 55.3 Å². The first-order chi connectivity index (χ1) is 11.1. The van der Waals surface area contributed by atoms with Crippen LogP contribution in [0.5, 0.6) is 10.8 Å². The topological polar surface area (TPSA) is 45.9 Å². The molecule has 0 unspecified atom stereocenters. The van der Waals surface area contributed by atoms with Gasteiger partial charge in [0.05, 0.1) is 0 Å². The molecule has 3 nitrogen and oxygen atoms in total. The Labute approximate surface area is 137 Å². The summed E-state index contributed by atoms with van der Waals surface area (Å²) in [6.07, 6.45) is 0. The van der Waals surface area contributed by atoms with E-state index in [1.807, 2.05) is 32.0 Å². The van der Waals surface area contributed by atoms with E-state index in [1.165, 1.54) is 12.1 Å². The molecule has 0 saturated carbocycles. The highest BCUT2D eigenvalue weighted by Crippen LogP contribution is 2.37. The lowest BCUT2D eigenvalue weighted by molar-refractivity contribution is 0.491. The molecule has 0 amide bonds. The van der Waals surface area contributed by atoms with E-state index in [1.54, 1.807) is 12.1 Å². The molecule has 114 valence electrons. The Morgan fingerprint density at radius 2 is 1.87 bits per heavy atom. The van der Waals surface area contributed by atoms with Crippen molar-refractivity contribution < 1.29 is 9.13 Å². The van der Waals surface area contributed by atoms with Crippen LogP contribution in [0.1, 0.15) is 16.7 Å². The summed E-state index contributed by atoms with van der Waals surface area (Å²) in [6.45, 7) is 3.93. The van der Waals surface area contributed by atoms with E-state index in [0.29, 0.717) is 27.6 Å². The van der Waals surface area contributed by atoms with Gasteiger partial charge in [0.25, 0.3) is 0 Å². The van der Waals surface area contributed by atoms with Gasteiger partial charge in [-0.25, -0.2) is 4.39 Å². The highest BCUT2D eigenvalue weighted by atomic mass is 32.1. The zero-order valence-corrected chi connectivity index (χ0v) is 13.4. The SMILES string of the molecule is Cc1ccc(C)c(Oc2snc(-c3ccc(F)cc3)c2C#N)c1. The number of nitriles is 1. The molecule has 1 heterocycles. The van der Waals surface area contributed by atoms with Crippen molar-refractivity contribution in [3.05, 3.63) is 65.0 Å². The van der Waals surface area contributed by atoms with Crippen LogP contribution in [0.2, 0.25) is 0 Å². The largest absolute Gasteiger partial charge is 0.443 e. The van der Waals surface area contributed by atoms with Crippen molar-refractivity contribution in [3.8, 4) is 28.1 Å². The van der Waals surface area contributed by atoms with Crippen LogP contribution in [-0.4, -0.2) is 4.37 Å². The summed E-state index contributed by atoms with van der Waals surface area (Å²) in [4.78, 5) is 0. The summed E-state index contributed by atoms with van der Waals surface area (Å²) in [5.41, 5.74) is 3.62. The van der Waals surface area contributed by atoms with Crippen LogP contribution in [0.4, 0.5) is 4.39 Å². The number of benzene rings is 2.